The number of carbonyl (C=O) groups is 1. The molecule has 7 heteroatoms. The fraction of sp³-hybridized carbons (Fsp3) is 0.235. The molecule has 0 atom stereocenters. The lowest BCUT2D eigenvalue weighted by Gasteiger charge is -2.12. The van der Waals surface area contributed by atoms with Crippen LogP contribution in [0.25, 0.3) is 0 Å². The van der Waals surface area contributed by atoms with Crippen molar-refractivity contribution in [3.8, 4) is 5.75 Å². The quantitative estimate of drug-likeness (QED) is 0.601. The van der Waals surface area contributed by atoms with Crippen molar-refractivity contribution < 1.29 is 14.5 Å². The number of anilines is 2. The molecule has 0 radical (unpaired) electrons. The number of amides is 1. The number of hydrogen-bond donors (Lipinski definition) is 2. The van der Waals surface area contributed by atoms with Crippen molar-refractivity contribution in [1.29, 1.82) is 0 Å². The number of nitrogens with one attached hydrogen (secondary N) is 2. The highest BCUT2D eigenvalue weighted by Gasteiger charge is 2.13. The first kappa shape index (κ1) is 17.3. The lowest BCUT2D eigenvalue weighted by atomic mass is 10.1. The van der Waals surface area contributed by atoms with Crippen molar-refractivity contribution in [3.63, 3.8) is 0 Å². The molecule has 0 saturated carbocycles. The molecule has 126 valence electrons. The molecule has 0 aliphatic carbocycles. The van der Waals surface area contributed by atoms with E-state index in [1.54, 1.807) is 0 Å². The second-order valence-electron chi connectivity index (χ2n) is 5.05. The number of nitrogens with zero attached hydrogens (tertiary/aromatic N) is 1. The number of methoxy groups -OCH3 is 1. The molecule has 2 rings (SSSR count). The van der Waals surface area contributed by atoms with Gasteiger partial charge in [0.1, 0.15) is 5.75 Å². The van der Waals surface area contributed by atoms with E-state index in [9.17, 15) is 14.9 Å². The molecule has 0 aromatic heterocycles. The lowest BCUT2D eigenvalue weighted by Crippen LogP contribution is -2.22. The Labute approximate surface area is 139 Å². The maximum atomic E-state index is 12.1. The van der Waals surface area contributed by atoms with E-state index in [1.807, 2.05) is 31.2 Å². The van der Waals surface area contributed by atoms with E-state index in [0.717, 1.165) is 17.7 Å². The van der Waals surface area contributed by atoms with Crippen LogP contribution < -0.4 is 15.4 Å². The molecule has 2 N–H and O–H groups in total. The Morgan fingerprint density at radius 2 is 1.96 bits per heavy atom. The van der Waals surface area contributed by atoms with E-state index in [2.05, 4.69) is 10.6 Å². The zero-order chi connectivity index (χ0) is 17.5. The SMILES string of the molecule is CCc1ccccc1NCC(=O)Nc1cc([N+](=O)[O-])ccc1OC. The van der Waals surface area contributed by atoms with E-state index in [0.29, 0.717) is 5.75 Å². The second kappa shape index (κ2) is 7.96. The zero-order valence-electron chi connectivity index (χ0n) is 13.5. The number of aryl methyl sites for hydroxylation is 1. The van der Waals surface area contributed by atoms with Crippen LogP contribution in [0.3, 0.4) is 0 Å². The zero-order valence-corrected chi connectivity index (χ0v) is 13.5. The molecule has 7 nitrogen and oxygen atoms in total. The Morgan fingerprint density at radius 1 is 1.21 bits per heavy atom. The number of hydrogen-bond acceptors (Lipinski definition) is 5. The predicted molar refractivity (Wildman–Crippen MR) is 92.6 cm³/mol. The van der Waals surface area contributed by atoms with Crippen molar-refractivity contribution in [2.45, 2.75) is 13.3 Å². The summed E-state index contributed by atoms with van der Waals surface area (Å²) < 4.78 is 5.12. The van der Waals surface area contributed by atoms with Gasteiger partial charge in [0.15, 0.2) is 0 Å². The van der Waals surface area contributed by atoms with Gasteiger partial charge in [0, 0.05) is 17.8 Å². The van der Waals surface area contributed by atoms with Crippen LogP contribution in [0.4, 0.5) is 17.1 Å². The van der Waals surface area contributed by atoms with Gasteiger partial charge >= 0.3 is 0 Å². The number of para-hydroxylation sites is 1. The van der Waals surface area contributed by atoms with Crippen molar-refractivity contribution in [2.75, 3.05) is 24.3 Å². The summed E-state index contributed by atoms with van der Waals surface area (Å²) in [5, 5.41) is 16.6. The Kier molecular flexibility index (Phi) is 5.73. The fourth-order valence-electron chi connectivity index (χ4n) is 2.28. The van der Waals surface area contributed by atoms with Crippen LogP contribution in [0.5, 0.6) is 5.75 Å². The molecule has 2 aromatic carbocycles. The summed E-state index contributed by atoms with van der Waals surface area (Å²) in [6, 6.07) is 11.8. The normalized spacial score (nSPS) is 10.1. The van der Waals surface area contributed by atoms with Crippen LogP contribution in [-0.2, 0) is 11.2 Å². The number of nitro benzene ring substituents is 1. The molecule has 0 heterocycles. The summed E-state index contributed by atoms with van der Waals surface area (Å²) >= 11 is 0. The molecule has 0 spiro atoms. The number of nitro groups is 1. The van der Waals surface area contributed by atoms with E-state index in [-0.39, 0.29) is 23.8 Å². The maximum Gasteiger partial charge on any atom is 0.271 e. The number of benzene rings is 2. The third-order valence-electron chi connectivity index (χ3n) is 3.51. The van der Waals surface area contributed by atoms with Crippen LogP contribution in [0, 0.1) is 10.1 Å². The summed E-state index contributed by atoms with van der Waals surface area (Å²) in [4.78, 5) is 22.5. The third kappa shape index (κ3) is 4.22. The Hall–Kier alpha value is -3.09. The predicted octanol–water partition coefficient (Wildman–Crippen LogP) is 3.22. The van der Waals surface area contributed by atoms with Gasteiger partial charge in [-0.3, -0.25) is 14.9 Å². The summed E-state index contributed by atoms with van der Waals surface area (Å²) in [5.41, 5.74) is 2.15. The third-order valence-corrected chi connectivity index (χ3v) is 3.51. The van der Waals surface area contributed by atoms with Crippen LogP contribution in [0.1, 0.15) is 12.5 Å². The van der Waals surface area contributed by atoms with Gasteiger partial charge in [0.05, 0.1) is 24.3 Å². The van der Waals surface area contributed by atoms with Crippen molar-refractivity contribution in [2.24, 2.45) is 0 Å². The molecule has 0 saturated heterocycles. The van der Waals surface area contributed by atoms with Crippen LogP contribution in [0.15, 0.2) is 42.5 Å². The highest BCUT2D eigenvalue weighted by Crippen LogP contribution is 2.28. The van der Waals surface area contributed by atoms with Gasteiger partial charge in [0.2, 0.25) is 5.91 Å². The molecule has 0 unspecified atom stereocenters. The standard InChI is InChI=1S/C17H19N3O4/c1-3-12-6-4-5-7-14(12)18-11-17(21)19-15-10-13(20(22)23)8-9-16(15)24-2/h4-10,18H,3,11H2,1-2H3,(H,19,21). The van der Waals surface area contributed by atoms with E-state index in [4.69, 9.17) is 4.74 Å². The minimum absolute atomic E-state index is 0.0445. The van der Waals surface area contributed by atoms with Gasteiger partial charge in [0.25, 0.3) is 5.69 Å². The monoisotopic (exact) mass is 329 g/mol. The number of carbonyl (C=O) groups excluding carboxylic acids is 1. The summed E-state index contributed by atoms with van der Waals surface area (Å²) in [7, 11) is 1.44. The van der Waals surface area contributed by atoms with Crippen molar-refractivity contribution in [3.05, 3.63) is 58.1 Å². The average Bonchev–Trinajstić information content (AvgIpc) is 2.60. The van der Waals surface area contributed by atoms with Crippen LogP contribution in [-0.4, -0.2) is 24.5 Å². The van der Waals surface area contributed by atoms with E-state index in [1.165, 1.54) is 25.3 Å². The first-order valence-corrected chi connectivity index (χ1v) is 7.49. The highest BCUT2D eigenvalue weighted by atomic mass is 16.6. The molecule has 24 heavy (non-hydrogen) atoms. The first-order valence-electron chi connectivity index (χ1n) is 7.49. The topological polar surface area (TPSA) is 93.5 Å². The molecule has 0 aliphatic heterocycles. The molecular weight excluding hydrogens is 310 g/mol. The summed E-state index contributed by atoms with van der Waals surface area (Å²) in [6.45, 7) is 2.08. The van der Waals surface area contributed by atoms with E-state index >= 15 is 0 Å². The Balaban J connectivity index is 2.06. The summed E-state index contributed by atoms with van der Waals surface area (Å²) in [6.07, 6.45) is 0.851. The minimum atomic E-state index is -0.523. The molecule has 0 bridgehead atoms. The summed E-state index contributed by atoms with van der Waals surface area (Å²) in [5.74, 6) is 0.0441. The smallest absolute Gasteiger partial charge is 0.271 e. The van der Waals surface area contributed by atoms with Crippen LogP contribution >= 0.6 is 0 Å². The fourth-order valence-corrected chi connectivity index (χ4v) is 2.28. The molecule has 2 aromatic rings. The Bertz CT molecular complexity index is 746. The average molecular weight is 329 g/mol. The van der Waals surface area contributed by atoms with Gasteiger partial charge in [-0.1, -0.05) is 25.1 Å². The molecular formula is C17H19N3O4. The van der Waals surface area contributed by atoms with Crippen LogP contribution in [0.2, 0.25) is 0 Å². The lowest BCUT2D eigenvalue weighted by molar-refractivity contribution is -0.384. The number of non-ortho nitro benzene ring substituents is 1. The van der Waals surface area contributed by atoms with Gasteiger partial charge < -0.3 is 15.4 Å². The van der Waals surface area contributed by atoms with Gasteiger partial charge in [-0.25, -0.2) is 0 Å². The van der Waals surface area contributed by atoms with Gasteiger partial charge in [-0.05, 0) is 24.1 Å². The maximum absolute atomic E-state index is 12.1. The van der Waals surface area contributed by atoms with Crippen molar-refractivity contribution >= 4 is 23.0 Å². The Morgan fingerprint density at radius 3 is 2.62 bits per heavy atom. The molecule has 0 aliphatic rings. The molecule has 0 fully saturated rings. The molecule has 1 amide bonds. The van der Waals surface area contributed by atoms with E-state index < -0.39 is 4.92 Å². The van der Waals surface area contributed by atoms with Crippen molar-refractivity contribution in [1.82, 2.24) is 0 Å². The van der Waals surface area contributed by atoms with Gasteiger partial charge in [-0.2, -0.15) is 0 Å². The minimum Gasteiger partial charge on any atom is -0.495 e. The number of ether oxygens (including phenoxy) is 1. The second-order valence-corrected chi connectivity index (χ2v) is 5.05. The number of rotatable bonds is 7. The van der Waals surface area contributed by atoms with Gasteiger partial charge in [-0.15, -0.1) is 0 Å². The first-order chi connectivity index (χ1) is 11.5. The highest BCUT2D eigenvalue weighted by molar-refractivity contribution is 5.95. The largest absolute Gasteiger partial charge is 0.495 e.